The summed E-state index contributed by atoms with van der Waals surface area (Å²) in [6.45, 7) is -0.120. The number of benzene rings is 1. The number of ether oxygens (including phenoxy) is 1. The third-order valence-corrected chi connectivity index (χ3v) is 2.97. The van der Waals surface area contributed by atoms with E-state index in [0.29, 0.717) is 6.61 Å². The highest BCUT2D eigenvalue weighted by Gasteiger charge is 2.67. The van der Waals surface area contributed by atoms with Crippen molar-refractivity contribution in [3.05, 3.63) is 35.9 Å². The largest absolute Gasteiger partial charge is 0.396 e. The molecule has 0 heterocycles. The first-order valence-corrected chi connectivity index (χ1v) is 5.26. The van der Waals surface area contributed by atoms with Crippen LogP contribution in [0.3, 0.4) is 0 Å². The van der Waals surface area contributed by atoms with Gasteiger partial charge in [0.2, 0.25) is 0 Å². The van der Waals surface area contributed by atoms with E-state index in [0.717, 1.165) is 5.56 Å². The standard InChI is InChI=1S/C12H14F2O2/c13-12(14)10(6-15)11(12)8-16-7-9-4-2-1-3-5-9/h1-5,10-11,15H,6-8H2/t10-,11+/m0/s1. The van der Waals surface area contributed by atoms with E-state index in [2.05, 4.69) is 0 Å². The van der Waals surface area contributed by atoms with E-state index in [1.165, 1.54) is 0 Å². The maximum Gasteiger partial charge on any atom is 0.259 e. The molecule has 1 N–H and O–H groups in total. The third-order valence-electron chi connectivity index (χ3n) is 2.97. The Hall–Kier alpha value is -1.00. The van der Waals surface area contributed by atoms with E-state index in [1.807, 2.05) is 30.3 Å². The van der Waals surface area contributed by atoms with Crippen molar-refractivity contribution in [3.63, 3.8) is 0 Å². The monoisotopic (exact) mass is 228 g/mol. The summed E-state index contributed by atoms with van der Waals surface area (Å²) in [4.78, 5) is 0. The van der Waals surface area contributed by atoms with Gasteiger partial charge in [-0.2, -0.15) is 0 Å². The Morgan fingerprint density at radius 3 is 2.44 bits per heavy atom. The zero-order valence-electron chi connectivity index (χ0n) is 8.77. The van der Waals surface area contributed by atoms with Crippen LogP contribution in [0.1, 0.15) is 5.56 Å². The number of alkyl halides is 2. The summed E-state index contributed by atoms with van der Waals surface area (Å²) in [7, 11) is 0. The van der Waals surface area contributed by atoms with Crippen LogP contribution in [0.15, 0.2) is 30.3 Å². The van der Waals surface area contributed by atoms with Crippen molar-refractivity contribution in [1.82, 2.24) is 0 Å². The molecule has 1 aliphatic carbocycles. The second kappa shape index (κ2) is 4.47. The number of rotatable bonds is 5. The molecule has 2 nitrogen and oxygen atoms in total. The molecule has 0 aromatic heterocycles. The van der Waals surface area contributed by atoms with Crippen molar-refractivity contribution in [2.45, 2.75) is 12.5 Å². The highest BCUT2D eigenvalue weighted by molar-refractivity contribution is 5.13. The lowest BCUT2D eigenvalue weighted by Gasteiger charge is -2.03. The van der Waals surface area contributed by atoms with Crippen molar-refractivity contribution < 1.29 is 18.6 Å². The van der Waals surface area contributed by atoms with Crippen LogP contribution in [0.2, 0.25) is 0 Å². The SMILES string of the molecule is OC[C@H]1[C@@H](COCc2ccccc2)C1(F)F. The molecule has 2 rings (SSSR count). The van der Waals surface area contributed by atoms with Crippen LogP contribution in [0, 0.1) is 11.8 Å². The summed E-state index contributed by atoms with van der Waals surface area (Å²) in [6, 6.07) is 9.41. The van der Waals surface area contributed by atoms with Gasteiger partial charge in [-0.1, -0.05) is 30.3 Å². The van der Waals surface area contributed by atoms with E-state index in [-0.39, 0.29) is 6.61 Å². The Morgan fingerprint density at radius 1 is 1.19 bits per heavy atom. The Morgan fingerprint density at radius 2 is 1.88 bits per heavy atom. The fourth-order valence-corrected chi connectivity index (χ4v) is 1.81. The van der Waals surface area contributed by atoms with Crippen molar-refractivity contribution in [2.75, 3.05) is 13.2 Å². The Labute approximate surface area is 92.9 Å². The lowest BCUT2D eigenvalue weighted by molar-refractivity contribution is 0.0435. The fourth-order valence-electron chi connectivity index (χ4n) is 1.81. The van der Waals surface area contributed by atoms with Gasteiger partial charge in [0.25, 0.3) is 5.92 Å². The maximum atomic E-state index is 12.9. The average Bonchev–Trinajstić information content (AvgIpc) is 2.81. The smallest absolute Gasteiger partial charge is 0.259 e. The lowest BCUT2D eigenvalue weighted by Crippen LogP contribution is -2.03. The molecule has 0 saturated heterocycles. The van der Waals surface area contributed by atoms with Crippen LogP contribution in [-0.4, -0.2) is 24.2 Å². The number of hydrogen-bond donors (Lipinski definition) is 1. The molecule has 16 heavy (non-hydrogen) atoms. The molecule has 0 unspecified atom stereocenters. The van der Waals surface area contributed by atoms with Crippen LogP contribution in [0.25, 0.3) is 0 Å². The molecular formula is C12H14F2O2. The Kier molecular flexibility index (Phi) is 3.21. The molecule has 1 saturated carbocycles. The quantitative estimate of drug-likeness (QED) is 0.836. The first-order chi connectivity index (χ1) is 7.66. The minimum atomic E-state index is -2.74. The maximum absolute atomic E-state index is 12.9. The highest BCUT2D eigenvalue weighted by Crippen LogP contribution is 2.54. The topological polar surface area (TPSA) is 29.5 Å². The van der Waals surface area contributed by atoms with Crippen molar-refractivity contribution in [1.29, 1.82) is 0 Å². The molecule has 0 aliphatic heterocycles. The molecule has 2 atom stereocenters. The van der Waals surface area contributed by atoms with Crippen molar-refractivity contribution in [3.8, 4) is 0 Å². The number of aliphatic hydroxyl groups is 1. The second-order valence-corrected chi connectivity index (χ2v) is 4.07. The van der Waals surface area contributed by atoms with Crippen molar-refractivity contribution in [2.24, 2.45) is 11.8 Å². The van der Waals surface area contributed by atoms with Crippen LogP contribution in [-0.2, 0) is 11.3 Å². The zero-order valence-corrected chi connectivity index (χ0v) is 8.77. The molecule has 0 amide bonds. The molecule has 1 fully saturated rings. The molecule has 1 aliphatic rings. The molecule has 0 bridgehead atoms. The molecule has 0 spiro atoms. The molecule has 0 radical (unpaired) electrons. The minimum absolute atomic E-state index is 0.00706. The van der Waals surface area contributed by atoms with E-state index in [9.17, 15) is 8.78 Å². The van der Waals surface area contributed by atoms with Gasteiger partial charge in [-0.3, -0.25) is 0 Å². The van der Waals surface area contributed by atoms with Gasteiger partial charge in [-0.15, -0.1) is 0 Å². The first kappa shape index (κ1) is 11.5. The van der Waals surface area contributed by atoms with Gasteiger partial charge in [-0.05, 0) is 5.56 Å². The molecule has 1 aromatic rings. The second-order valence-electron chi connectivity index (χ2n) is 4.07. The van der Waals surface area contributed by atoms with E-state index >= 15 is 0 Å². The number of hydrogen-bond acceptors (Lipinski definition) is 2. The summed E-state index contributed by atoms with van der Waals surface area (Å²) in [5.41, 5.74) is 0.965. The lowest BCUT2D eigenvalue weighted by atomic mass is 10.2. The molecule has 4 heteroatoms. The summed E-state index contributed by atoms with van der Waals surface area (Å²) < 4.78 is 31.1. The Bertz CT molecular complexity index is 340. The van der Waals surface area contributed by atoms with E-state index in [1.54, 1.807) is 0 Å². The van der Waals surface area contributed by atoms with E-state index in [4.69, 9.17) is 9.84 Å². The molecule has 88 valence electrons. The number of halogens is 2. The van der Waals surface area contributed by atoms with Crippen molar-refractivity contribution >= 4 is 0 Å². The van der Waals surface area contributed by atoms with Gasteiger partial charge in [-0.25, -0.2) is 8.78 Å². The first-order valence-electron chi connectivity index (χ1n) is 5.26. The fraction of sp³-hybridized carbons (Fsp3) is 0.500. The highest BCUT2D eigenvalue weighted by atomic mass is 19.3. The van der Waals surface area contributed by atoms with E-state index < -0.39 is 24.4 Å². The van der Waals surface area contributed by atoms with Gasteiger partial charge in [0, 0.05) is 0 Å². The zero-order chi connectivity index (χ0) is 11.6. The van der Waals surface area contributed by atoms with Gasteiger partial charge < -0.3 is 9.84 Å². The van der Waals surface area contributed by atoms with Crippen LogP contribution >= 0.6 is 0 Å². The van der Waals surface area contributed by atoms with Crippen LogP contribution < -0.4 is 0 Å². The average molecular weight is 228 g/mol. The summed E-state index contributed by atoms with van der Waals surface area (Å²) >= 11 is 0. The van der Waals surface area contributed by atoms with Crippen LogP contribution in [0.4, 0.5) is 8.78 Å². The van der Waals surface area contributed by atoms with Crippen LogP contribution in [0.5, 0.6) is 0 Å². The predicted octanol–water partition coefficient (Wildman–Crippen LogP) is 2.08. The normalized spacial score (nSPS) is 26.7. The summed E-state index contributed by atoms with van der Waals surface area (Å²) in [5.74, 6) is -4.48. The minimum Gasteiger partial charge on any atom is -0.396 e. The van der Waals surface area contributed by atoms with Gasteiger partial charge in [0.05, 0.1) is 31.7 Å². The van der Waals surface area contributed by atoms with Gasteiger partial charge in [0.1, 0.15) is 0 Å². The summed E-state index contributed by atoms with van der Waals surface area (Å²) in [6.07, 6.45) is 0. The number of aliphatic hydroxyl groups excluding tert-OH is 1. The third kappa shape index (κ3) is 2.23. The molecule has 1 aromatic carbocycles. The Balaban J connectivity index is 1.74. The van der Waals surface area contributed by atoms with Gasteiger partial charge >= 0.3 is 0 Å². The van der Waals surface area contributed by atoms with Gasteiger partial charge in [0.15, 0.2) is 0 Å². The summed E-state index contributed by atoms with van der Waals surface area (Å²) in [5, 5.41) is 8.69. The molecular weight excluding hydrogens is 214 g/mol. The predicted molar refractivity (Wildman–Crippen MR) is 55.1 cm³/mol.